The maximum atomic E-state index is 5.95. The monoisotopic (exact) mass is 352 g/mol. The summed E-state index contributed by atoms with van der Waals surface area (Å²) in [7, 11) is 0. The van der Waals surface area contributed by atoms with Crippen molar-refractivity contribution in [3.8, 4) is 5.75 Å². The average Bonchev–Trinajstić information content (AvgIpc) is 3.16. The van der Waals surface area contributed by atoms with Gasteiger partial charge in [-0.2, -0.15) is 0 Å². The molecule has 1 aliphatic heterocycles. The van der Waals surface area contributed by atoms with E-state index < -0.39 is 0 Å². The molecule has 0 bridgehead atoms. The van der Waals surface area contributed by atoms with Gasteiger partial charge in [0.1, 0.15) is 12.4 Å². The molecule has 0 spiro atoms. The predicted molar refractivity (Wildman–Crippen MR) is 111 cm³/mol. The highest BCUT2D eigenvalue weighted by Crippen LogP contribution is 2.34. The van der Waals surface area contributed by atoms with Crippen LogP contribution in [0.25, 0.3) is 17.0 Å². The minimum absolute atomic E-state index is 0.157. The van der Waals surface area contributed by atoms with Crippen molar-refractivity contribution < 1.29 is 4.74 Å². The van der Waals surface area contributed by atoms with Gasteiger partial charge in [0.2, 0.25) is 0 Å². The highest BCUT2D eigenvalue weighted by molar-refractivity contribution is 5.86. The van der Waals surface area contributed by atoms with Crippen molar-refractivity contribution in [2.75, 3.05) is 5.32 Å². The van der Waals surface area contributed by atoms with E-state index in [2.05, 4.69) is 77.2 Å². The molecule has 132 valence electrons. The molecule has 3 heteroatoms. The Labute approximate surface area is 158 Å². The minimum atomic E-state index is 0.157. The molecule has 0 saturated heterocycles. The first-order valence-corrected chi connectivity index (χ1v) is 9.18. The zero-order chi connectivity index (χ0) is 18.1. The van der Waals surface area contributed by atoms with Gasteiger partial charge in [-0.25, -0.2) is 0 Å². The summed E-state index contributed by atoms with van der Waals surface area (Å²) in [6.45, 7) is 0.573. The zero-order valence-electron chi connectivity index (χ0n) is 14.9. The number of benzene rings is 3. The summed E-state index contributed by atoms with van der Waals surface area (Å²) >= 11 is 0. The van der Waals surface area contributed by atoms with Crippen LogP contribution in [-0.4, -0.2) is 4.98 Å². The molecule has 4 aromatic rings. The van der Waals surface area contributed by atoms with E-state index in [4.69, 9.17) is 4.74 Å². The molecule has 1 atom stereocenters. The van der Waals surface area contributed by atoms with Crippen molar-refractivity contribution in [2.24, 2.45) is 0 Å². The molecular formula is C24H20N2O. The molecule has 2 N–H and O–H groups in total. The number of nitrogens with one attached hydrogen (secondary N) is 2. The number of H-pyrrole nitrogens is 1. The van der Waals surface area contributed by atoms with E-state index in [0.717, 1.165) is 11.3 Å². The van der Waals surface area contributed by atoms with E-state index in [9.17, 15) is 0 Å². The van der Waals surface area contributed by atoms with Crippen molar-refractivity contribution in [2.45, 2.75) is 12.6 Å². The highest BCUT2D eigenvalue weighted by Gasteiger charge is 2.17. The van der Waals surface area contributed by atoms with Gasteiger partial charge in [-0.15, -0.1) is 0 Å². The number of hydrogen-bond donors (Lipinski definition) is 2. The second kappa shape index (κ2) is 6.69. The Bertz CT molecular complexity index is 1110. The number of anilines is 1. The van der Waals surface area contributed by atoms with E-state index in [0.29, 0.717) is 6.61 Å². The molecule has 5 rings (SSSR count). The Morgan fingerprint density at radius 2 is 1.74 bits per heavy atom. The fourth-order valence-corrected chi connectivity index (χ4v) is 3.59. The summed E-state index contributed by atoms with van der Waals surface area (Å²) in [4.78, 5) is 3.39. The number of hydrogen-bond acceptors (Lipinski definition) is 2. The molecule has 0 radical (unpaired) electrons. The maximum Gasteiger partial charge on any atom is 0.121 e. The van der Waals surface area contributed by atoms with Crippen LogP contribution in [-0.2, 0) is 6.61 Å². The first kappa shape index (κ1) is 15.8. The van der Waals surface area contributed by atoms with Crippen molar-refractivity contribution >= 4 is 22.7 Å². The van der Waals surface area contributed by atoms with Crippen LogP contribution in [0.4, 0.5) is 5.69 Å². The SMILES string of the molecule is C1=CC(c2c[nH]c3cc(OCc4ccccc4)ccc23)Nc2ccccc21. The van der Waals surface area contributed by atoms with Gasteiger partial charge >= 0.3 is 0 Å². The quantitative estimate of drug-likeness (QED) is 0.478. The van der Waals surface area contributed by atoms with Crippen molar-refractivity contribution in [1.29, 1.82) is 0 Å². The fourth-order valence-electron chi connectivity index (χ4n) is 3.59. The van der Waals surface area contributed by atoms with Crippen LogP contribution in [0.3, 0.4) is 0 Å². The molecule has 1 aromatic heterocycles. The van der Waals surface area contributed by atoms with Gasteiger partial charge in [0.05, 0.1) is 6.04 Å². The second-order valence-corrected chi connectivity index (χ2v) is 6.79. The molecule has 2 heterocycles. The van der Waals surface area contributed by atoms with Crippen LogP contribution in [0.2, 0.25) is 0 Å². The topological polar surface area (TPSA) is 37.0 Å². The first-order valence-electron chi connectivity index (χ1n) is 9.18. The summed E-state index contributed by atoms with van der Waals surface area (Å²) in [6.07, 6.45) is 6.49. The van der Waals surface area contributed by atoms with E-state index in [-0.39, 0.29) is 6.04 Å². The van der Waals surface area contributed by atoms with Crippen LogP contribution in [0.1, 0.15) is 22.7 Å². The molecule has 0 saturated carbocycles. The van der Waals surface area contributed by atoms with Crippen molar-refractivity contribution in [1.82, 2.24) is 4.98 Å². The summed E-state index contributed by atoms with van der Waals surface area (Å²) in [5, 5.41) is 4.83. The van der Waals surface area contributed by atoms with Gasteiger partial charge in [-0.1, -0.05) is 60.7 Å². The van der Waals surface area contributed by atoms with E-state index in [1.54, 1.807) is 0 Å². The lowest BCUT2D eigenvalue weighted by atomic mass is 9.99. The van der Waals surface area contributed by atoms with Crippen LogP contribution in [0.5, 0.6) is 5.75 Å². The Hall–Kier alpha value is -3.46. The fraction of sp³-hybridized carbons (Fsp3) is 0.0833. The zero-order valence-corrected chi connectivity index (χ0v) is 14.9. The molecule has 0 aliphatic carbocycles. The summed E-state index contributed by atoms with van der Waals surface area (Å²) in [5.41, 5.74) is 5.89. The van der Waals surface area contributed by atoms with E-state index >= 15 is 0 Å². The number of aromatic amines is 1. The Balaban J connectivity index is 1.38. The number of para-hydroxylation sites is 1. The van der Waals surface area contributed by atoms with Crippen molar-refractivity contribution in [3.05, 3.63) is 102 Å². The summed E-state index contributed by atoms with van der Waals surface area (Å²) in [5.74, 6) is 0.872. The number of ether oxygens (including phenoxy) is 1. The summed E-state index contributed by atoms with van der Waals surface area (Å²) in [6, 6.07) is 25.0. The smallest absolute Gasteiger partial charge is 0.121 e. The highest BCUT2D eigenvalue weighted by atomic mass is 16.5. The molecule has 3 nitrogen and oxygen atoms in total. The molecule has 0 fully saturated rings. The van der Waals surface area contributed by atoms with E-state index in [1.807, 2.05) is 24.3 Å². The van der Waals surface area contributed by atoms with Crippen LogP contribution in [0.15, 0.2) is 85.1 Å². The minimum Gasteiger partial charge on any atom is -0.489 e. The average molecular weight is 352 g/mol. The molecule has 1 unspecified atom stereocenters. The predicted octanol–water partition coefficient (Wildman–Crippen LogP) is 5.93. The molecule has 3 aromatic carbocycles. The normalized spacial score (nSPS) is 15.3. The molecule has 27 heavy (non-hydrogen) atoms. The van der Waals surface area contributed by atoms with Crippen LogP contribution in [0, 0.1) is 0 Å². The number of rotatable bonds is 4. The van der Waals surface area contributed by atoms with Gasteiger partial charge in [-0.05, 0) is 29.3 Å². The summed E-state index contributed by atoms with van der Waals surface area (Å²) < 4.78 is 5.95. The van der Waals surface area contributed by atoms with Crippen LogP contribution < -0.4 is 10.1 Å². The van der Waals surface area contributed by atoms with Gasteiger partial charge in [-0.3, -0.25) is 0 Å². The lowest BCUT2D eigenvalue weighted by Crippen LogP contribution is -2.11. The third-order valence-corrected chi connectivity index (χ3v) is 5.01. The molecule has 1 aliphatic rings. The Kier molecular flexibility index (Phi) is 3.91. The first-order chi connectivity index (χ1) is 13.4. The standard InChI is InChI=1S/C24H20N2O/c1-2-6-17(7-3-1)16-27-19-11-12-20-21(15-25-24(20)14-19)23-13-10-18-8-4-5-9-22(18)26-23/h1-15,23,25-26H,16H2. The maximum absolute atomic E-state index is 5.95. The molecular weight excluding hydrogens is 332 g/mol. The third kappa shape index (κ3) is 3.08. The van der Waals surface area contributed by atoms with Crippen LogP contribution >= 0.6 is 0 Å². The number of aromatic nitrogens is 1. The van der Waals surface area contributed by atoms with E-state index in [1.165, 1.54) is 27.8 Å². The van der Waals surface area contributed by atoms with Crippen molar-refractivity contribution in [3.63, 3.8) is 0 Å². The number of fused-ring (bicyclic) bond motifs is 2. The van der Waals surface area contributed by atoms with Gasteiger partial charge in [0, 0.05) is 34.4 Å². The second-order valence-electron chi connectivity index (χ2n) is 6.79. The van der Waals surface area contributed by atoms with Gasteiger partial charge in [0.25, 0.3) is 0 Å². The van der Waals surface area contributed by atoms with Gasteiger partial charge < -0.3 is 15.0 Å². The largest absolute Gasteiger partial charge is 0.489 e. The van der Waals surface area contributed by atoms with Gasteiger partial charge in [0.15, 0.2) is 0 Å². The lowest BCUT2D eigenvalue weighted by Gasteiger charge is -2.22. The lowest BCUT2D eigenvalue weighted by molar-refractivity contribution is 0.306. The molecule has 0 amide bonds. The Morgan fingerprint density at radius 3 is 2.67 bits per heavy atom. The Morgan fingerprint density at radius 1 is 0.889 bits per heavy atom. The third-order valence-electron chi connectivity index (χ3n) is 5.01.